The van der Waals surface area contributed by atoms with Crippen LogP contribution in [0, 0.1) is 0 Å². The molecule has 8 heteroatoms. The van der Waals surface area contributed by atoms with E-state index in [1.54, 1.807) is 18.4 Å². The minimum absolute atomic E-state index is 0.454. The lowest BCUT2D eigenvalue weighted by molar-refractivity contribution is 0.380. The summed E-state index contributed by atoms with van der Waals surface area (Å²) >= 11 is 1.66. The Hall–Kier alpha value is -2.35. The van der Waals surface area contributed by atoms with E-state index < -0.39 is 0 Å². The molecule has 0 saturated carbocycles. The van der Waals surface area contributed by atoms with Gasteiger partial charge in [-0.3, -0.25) is 0 Å². The van der Waals surface area contributed by atoms with Crippen LogP contribution in [0.25, 0.3) is 0 Å². The molecule has 0 unspecified atom stereocenters. The highest BCUT2D eigenvalue weighted by molar-refractivity contribution is 7.13. The molecule has 0 aliphatic carbocycles. The fourth-order valence-electron chi connectivity index (χ4n) is 2.42. The maximum absolute atomic E-state index is 6.12. The molecule has 0 aromatic carbocycles. The predicted octanol–water partition coefficient (Wildman–Crippen LogP) is 1.18. The molecule has 0 spiro atoms. The van der Waals surface area contributed by atoms with E-state index >= 15 is 0 Å². The third kappa shape index (κ3) is 3.89. The van der Waals surface area contributed by atoms with Gasteiger partial charge >= 0.3 is 0 Å². The number of rotatable bonds is 4. The van der Waals surface area contributed by atoms with Crippen LogP contribution in [0.2, 0.25) is 0 Å². The van der Waals surface area contributed by atoms with Crippen LogP contribution in [0.1, 0.15) is 5.69 Å². The van der Waals surface area contributed by atoms with Gasteiger partial charge < -0.3 is 20.3 Å². The topological polar surface area (TPSA) is 79.9 Å². The SMILES string of the molecule is COc1cccc(CN=C(N)N2CCN(c3nccs3)CC2)n1. The van der Waals surface area contributed by atoms with E-state index in [4.69, 9.17) is 10.5 Å². The van der Waals surface area contributed by atoms with Crippen LogP contribution in [0.4, 0.5) is 5.13 Å². The molecule has 122 valence electrons. The Morgan fingerprint density at radius 1 is 1.35 bits per heavy atom. The second-order valence-corrected chi connectivity index (χ2v) is 6.01. The van der Waals surface area contributed by atoms with Crippen molar-refractivity contribution in [3.05, 3.63) is 35.5 Å². The molecular weight excluding hydrogens is 312 g/mol. The Balaban J connectivity index is 1.55. The molecule has 0 radical (unpaired) electrons. The van der Waals surface area contributed by atoms with Crippen LogP contribution >= 0.6 is 11.3 Å². The fourth-order valence-corrected chi connectivity index (χ4v) is 3.12. The molecule has 0 atom stereocenters. The third-order valence-corrected chi connectivity index (χ3v) is 4.52. The van der Waals surface area contributed by atoms with Gasteiger partial charge in [0.15, 0.2) is 11.1 Å². The standard InChI is InChI=1S/C15H20N6OS/c1-22-13-4-2-3-12(19-13)11-18-14(16)20-6-8-21(9-7-20)15-17-5-10-23-15/h2-5,10H,6-9,11H2,1H3,(H2,16,18). The first-order valence-electron chi connectivity index (χ1n) is 7.45. The van der Waals surface area contributed by atoms with Crippen molar-refractivity contribution in [1.82, 2.24) is 14.9 Å². The molecule has 1 saturated heterocycles. The highest BCUT2D eigenvalue weighted by atomic mass is 32.1. The molecular formula is C15H20N6OS. The minimum Gasteiger partial charge on any atom is -0.481 e. The third-order valence-electron chi connectivity index (χ3n) is 3.69. The van der Waals surface area contributed by atoms with Crippen molar-refractivity contribution in [2.75, 3.05) is 38.2 Å². The summed E-state index contributed by atoms with van der Waals surface area (Å²) in [5.74, 6) is 1.15. The van der Waals surface area contributed by atoms with Gasteiger partial charge in [0.25, 0.3) is 0 Å². The first kappa shape index (κ1) is 15.5. The van der Waals surface area contributed by atoms with Gasteiger partial charge in [-0.2, -0.15) is 0 Å². The molecule has 0 bridgehead atoms. The van der Waals surface area contributed by atoms with E-state index in [1.165, 1.54) is 0 Å². The van der Waals surface area contributed by atoms with E-state index in [-0.39, 0.29) is 0 Å². The summed E-state index contributed by atoms with van der Waals surface area (Å²) in [6.45, 7) is 3.96. The number of piperazine rings is 1. The highest BCUT2D eigenvalue weighted by Gasteiger charge is 2.19. The largest absolute Gasteiger partial charge is 0.481 e. The zero-order valence-corrected chi connectivity index (χ0v) is 13.9. The van der Waals surface area contributed by atoms with Crippen LogP contribution < -0.4 is 15.4 Å². The van der Waals surface area contributed by atoms with Gasteiger partial charge in [-0.1, -0.05) is 6.07 Å². The van der Waals surface area contributed by atoms with Gasteiger partial charge in [0, 0.05) is 43.8 Å². The number of aliphatic imine (C=N–C) groups is 1. The van der Waals surface area contributed by atoms with Crippen LogP contribution in [-0.4, -0.2) is 54.1 Å². The van der Waals surface area contributed by atoms with Crippen molar-refractivity contribution in [3.63, 3.8) is 0 Å². The predicted molar refractivity (Wildman–Crippen MR) is 92.0 cm³/mol. The zero-order chi connectivity index (χ0) is 16.1. The molecule has 0 amide bonds. The number of nitrogens with zero attached hydrogens (tertiary/aromatic N) is 5. The van der Waals surface area contributed by atoms with Gasteiger partial charge in [-0.15, -0.1) is 11.3 Å². The quantitative estimate of drug-likeness (QED) is 0.669. The summed E-state index contributed by atoms with van der Waals surface area (Å²) in [6, 6.07) is 5.63. The molecule has 1 aliphatic heterocycles. The second kappa shape index (κ2) is 7.28. The molecule has 3 rings (SSSR count). The number of thiazole rings is 1. The molecule has 2 N–H and O–H groups in total. The highest BCUT2D eigenvalue weighted by Crippen LogP contribution is 2.18. The van der Waals surface area contributed by atoms with Crippen molar-refractivity contribution in [2.24, 2.45) is 10.7 Å². The zero-order valence-electron chi connectivity index (χ0n) is 13.1. The number of ether oxygens (including phenoxy) is 1. The van der Waals surface area contributed by atoms with Gasteiger partial charge in [0.05, 0.1) is 19.3 Å². The molecule has 1 fully saturated rings. The number of guanidine groups is 1. The first-order chi connectivity index (χ1) is 11.3. The fraction of sp³-hybridized carbons (Fsp3) is 0.400. The van der Waals surface area contributed by atoms with E-state index in [1.807, 2.05) is 29.8 Å². The van der Waals surface area contributed by atoms with Crippen molar-refractivity contribution in [3.8, 4) is 5.88 Å². The van der Waals surface area contributed by atoms with Gasteiger partial charge in [-0.05, 0) is 6.07 Å². The first-order valence-corrected chi connectivity index (χ1v) is 8.33. The van der Waals surface area contributed by atoms with E-state index in [0.29, 0.717) is 18.4 Å². The Bertz CT molecular complexity index is 652. The Kier molecular flexibility index (Phi) is 4.92. The lowest BCUT2D eigenvalue weighted by atomic mass is 10.3. The number of hydrogen-bond acceptors (Lipinski definition) is 6. The lowest BCUT2D eigenvalue weighted by Crippen LogP contribution is -2.51. The second-order valence-electron chi connectivity index (χ2n) is 5.13. The monoisotopic (exact) mass is 332 g/mol. The summed E-state index contributed by atoms with van der Waals surface area (Å²) in [4.78, 5) is 17.5. The van der Waals surface area contributed by atoms with Gasteiger partial charge in [-0.25, -0.2) is 15.0 Å². The summed E-state index contributed by atoms with van der Waals surface area (Å²) in [6.07, 6.45) is 1.84. The summed E-state index contributed by atoms with van der Waals surface area (Å²) in [5, 5.41) is 3.07. The molecule has 2 aromatic rings. The van der Waals surface area contributed by atoms with E-state index in [9.17, 15) is 0 Å². The number of methoxy groups -OCH3 is 1. The Morgan fingerprint density at radius 3 is 2.87 bits per heavy atom. The van der Waals surface area contributed by atoms with Gasteiger partial charge in [0.2, 0.25) is 5.88 Å². The van der Waals surface area contributed by atoms with Crippen molar-refractivity contribution < 1.29 is 4.74 Å². The summed E-state index contributed by atoms with van der Waals surface area (Å²) in [5.41, 5.74) is 6.96. The lowest BCUT2D eigenvalue weighted by Gasteiger charge is -2.35. The van der Waals surface area contributed by atoms with Crippen molar-refractivity contribution in [2.45, 2.75) is 6.54 Å². The van der Waals surface area contributed by atoms with Crippen LogP contribution in [0.5, 0.6) is 5.88 Å². The Morgan fingerprint density at radius 2 is 2.17 bits per heavy atom. The van der Waals surface area contributed by atoms with Crippen LogP contribution in [0.15, 0.2) is 34.8 Å². The minimum atomic E-state index is 0.454. The maximum atomic E-state index is 6.12. The molecule has 23 heavy (non-hydrogen) atoms. The van der Waals surface area contributed by atoms with Gasteiger partial charge in [0.1, 0.15) is 0 Å². The molecule has 2 aromatic heterocycles. The van der Waals surface area contributed by atoms with E-state index in [2.05, 4.69) is 24.8 Å². The van der Waals surface area contributed by atoms with Crippen molar-refractivity contribution >= 4 is 22.4 Å². The number of aromatic nitrogens is 2. The Labute approximate surface area is 139 Å². The smallest absolute Gasteiger partial charge is 0.213 e. The molecule has 7 nitrogen and oxygen atoms in total. The maximum Gasteiger partial charge on any atom is 0.213 e. The van der Waals surface area contributed by atoms with E-state index in [0.717, 1.165) is 37.0 Å². The van der Waals surface area contributed by atoms with Crippen molar-refractivity contribution in [1.29, 1.82) is 0 Å². The molecule has 3 heterocycles. The average Bonchev–Trinajstić information content (AvgIpc) is 3.14. The number of hydrogen-bond donors (Lipinski definition) is 1. The molecule has 1 aliphatic rings. The summed E-state index contributed by atoms with van der Waals surface area (Å²) in [7, 11) is 1.60. The normalized spacial score (nSPS) is 15.8. The number of nitrogens with two attached hydrogens (primary N) is 1. The number of pyridine rings is 1. The van der Waals surface area contributed by atoms with Crippen LogP contribution in [-0.2, 0) is 6.54 Å². The number of anilines is 1. The summed E-state index contributed by atoms with van der Waals surface area (Å²) < 4.78 is 5.11. The average molecular weight is 332 g/mol. The van der Waals surface area contributed by atoms with Crippen LogP contribution in [0.3, 0.4) is 0 Å².